The molecule has 0 fully saturated rings. The fourth-order valence-corrected chi connectivity index (χ4v) is 2.30. The smallest absolute Gasteiger partial charge is 0.154 e. The van der Waals surface area contributed by atoms with Crippen LogP contribution in [0, 0.1) is 23.0 Å². The van der Waals surface area contributed by atoms with Crippen molar-refractivity contribution in [1.29, 1.82) is 5.26 Å². The summed E-state index contributed by atoms with van der Waals surface area (Å²) in [6, 6.07) is 13.8. The highest BCUT2D eigenvalue weighted by Crippen LogP contribution is 2.31. The molecule has 0 aromatic heterocycles. The quantitative estimate of drug-likeness (QED) is 0.861. The van der Waals surface area contributed by atoms with Gasteiger partial charge in [0.1, 0.15) is 17.0 Å². The largest absolute Gasteiger partial charge is 0.298 e. The maximum Gasteiger partial charge on any atom is 0.154 e. The molecule has 0 aliphatic carbocycles. The zero-order chi connectivity index (χ0) is 15.5. The van der Waals surface area contributed by atoms with E-state index < -0.39 is 22.8 Å². The molecule has 106 valence electrons. The van der Waals surface area contributed by atoms with Crippen LogP contribution in [0.15, 0.2) is 48.5 Å². The van der Waals surface area contributed by atoms with Gasteiger partial charge in [0.05, 0.1) is 6.07 Å². The van der Waals surface area contributed by atoms with Gasteiger partial charge in [-0.05, 0) is 24.6 Å². The van der Waals surface area contributed by atoms with Crippen LogP contribution in [0.1, 0.15) is 18.1 Å². The van der Waals surface area contributed by atoms with E-state index in [1.165, 1.54) is 13.0 Å². The highest BCUT2D eigenvalue weighted by molar-refractivity contribution is 5.91. The fourth-order valence-electron chi connectivity index (χ4n) is 2.30. The molecular weight excluding hydrogens is 272 g/mol. The number of nitriles is 1. The Hall–Kier alpha value is -2.54. The normalized spacial score (nSPS) is 13.2. The molecule has 2 aromatic rings. The van der Waals surface area contributed by atoms with Gasteiger partial charge in [-0.3, -0.25) is 4.79 Å². The number of ketones is 1. The molecule has 0 spiro atoms. The van der Waals surface area contributed by atoms with E-state index in [1.54, 1.807) is 30.3 Å². The van der Waals surface area contributed by atoms with Gasteiger partial charge in [-0.25, -0.2) is 8.78 Å². The van der Waals surface area contributed by atoms with Crippen LogP contribution in [0.2, 0.25) is 0 Å². The van der Waals surface area contributed by atoms with E-state index in [4.69, 9.17) is 0 Å². The number of carbonyl (C=O) groups is 1. The van der Waals surface area contributed by atoms with Gasteiger partial charge in [0.25, 0.3) is 0 Å². The molecule has 0 aliphatic rings. The average Bonchev–Trinajstić information content (AvgIpc) is 2.48. The molecule has 0 N–H and O–H groups in total. The second-order valence-corrected chi connectivity index (χ2v) is 4.82. The summed E-state index contributed by atoms with van der Waals surface area (Å²) in [6.45, 7) is 1.26. The van der Waals surface area contributed by atoms with Crippen molar-refractivity contribution in [3.63, 3.8) is 0 Å². The Morgan fingerprint density at radius 1 is 1.10 bits per heavy atom. The Bertz CT molecular complexity index is 686. The molecule has 0 saturated carbocycles. The molecule has 0 amide bonds. The summed E-state index contributed by atoms with van der Waals surface area (Å²) in [5.41, 5.74) is -1.41. The first-order valence-electron chi connectivity index (χ1n) is 6.42. The van der Waals surface area contributed by atoms with Crippen LogP contribution < -0.4 is 0 Å². The van der Waals surface area contributed by atoms with Crippen LogP contribution in [0.4, 0.5) is 8.78 Å². The lowest BCUT2D eigenvalue weighted by molar-refractivity contribution is -0.120. The maximum absolute atomic E-state index is 13.8. The number of hydrogen-bond donors (Lipinski definition) is 0. The number of hydrogen-bond acceptors (Lipinski definition) is 2. The zero-order valence-electron chi connectivity index (χ0n) is 11.4. The van der Waals surface area contributed by atoms with E-state index in [1.807, 2.05) is 6.07 Å². The van der Waals surface area contributed by atoms with Crippen molar-refractivity contribution in [2.45, 2.75) is 18.8 Å². The number of rotatable bonds is 4. The van der Waals surface area contributed by atoms with Gasteiger partial charge in [0, 0.05) is 12.0 Å². The summed E-state index contributed by atoms with van der Waals surface area (Å²) < 4.78 is 27.7. The fraction of sp³-hybridized carbons (Fsp3) is 0.176. The molecule has 2 nitrogen and oxygen atoms in total. The number of benzene rings is 2. The minimum atomic E-state index is -1.59. The van der Waals surface area contributed by atoms with E-state index in [0.29, 0.717) is 5.56 Å². The minimum absolute atomic E-state index is 0.252. The molecule has 0 heterocycles. The first-order chi connectivity index (χ1) is 10.0. The SMILES string of the molecule is CC(=O)C(C#N)(Cc1c(F)cccc1F)c1ccccc1. The number of nitrogens with zero attached hydrogens (tertiary/aromatic N) is 1. The third-order valence-electron chi connectivity index (χ3n) is 3.56. The Morgan fingerprint density at radius 2 is 1.67 bits per heavy atom. The van der Waals surface area contributed by atoms with E-state index in [9.17, 15) is 18.8 Å². The van der Waals surface area contributed by atoms with Gasteiger partial charge in [0.15, 0.2) is 5.78 Å². The van der Waals surface area contributed by atoms with Crippen LogP contribution in [-0.2, 0) is 16.6 Å². The number of carbonyl (C=O) groups excluding carboxylic acids is 1. The maximum atomic E-state index is 13.8. The lowest BCUT2D eigenvalue weighted by atomic mass is 9.74. The first kappa shape index (κ1) is 14.9. The molecule has 0 bridgehead atoms. The van der Waals surface area contributed by atoms with Crippen LogP contribution in [-0.4, -0.2) is 5.78 Å². The summed E-state index contributed by atoms with van der Waals surface area (Å²) in [4.78, 5) is 12.1. The van der Waals surface area contributed by atoms with Crippen LogP contribution >= 0.6 is 0 Å². The molecular formula is C17H13F2NO. The highest BCUT2D eigenvalue weighted by Gasteiger charge is 2.39. The molecule has 4 heteroatoms. The lowest BCUT2D eigenvalue weighted by Gasteiger charge is -2.24. The number of Topliss-reactive ketones (excluding diaryl/α,β-unsaturated/α-hetero) is 1. The van der Waals surface area contributed by atoms with E-state index in [-0.39, 0.29) is 12.0 Å². The second-order valence-electron chi connectivity index (χ2n) is 4.82. The van der Waals surface area contributed by atoms with Crippen molar-refractivity contribution in [2.75, 3.05) is 0 Å². The summed E-state index contributed by atoms with van der Waals surface area (Å²) >= 11 is 0. The predicted molar refractivity (Wildman–Crippen MR) is 74.5 cm³/mol. The van der Waals surface area contributed by atoms with Crippen molar-refractivity contribution in [2.24, 2.45) is 0 Å². The van der Waals surface area contributed by atoms with Crippen molar-refractivity contribution in [3.05, 3.63) is 71.3 Å². The van der Waals surface area contributed by atoms with Gasteiger partial charge in [-0.2, -0.15) is 5.26 Å². The van der Waals surface area contributed by atoms with Gasteiger partial charge in [-0.15, -0.1) is 0 Å². The third kappa shape index (κ3) is 2.68. The first-order valence-corrected chi connectivity index (χ1v) is 6.42. The van der Waals surface area contributed by atoms with Gasteiger partial charge in [0.2, 0.25) is 0 Å². The molecule has 0 saturated heterocycles. The topological polar surface area (TPSA) is 40.9 Å². The molecule has 0 radical (unpaired) electrons. The number of halogens is 2. The van der Waals surface area contributed by atoms with E-state index in [2.05, 4.69) is 0 Å². The molecule has 1 unspecified atom stereocenters. The van der Waals surface area contributed by atoms with Crippen molar-refractivity contribution >= 4 is 5.78 Å². The van der Waals surface area contributed by atoms with Gasteiger partial charge >= 0.3 is 0 Å². The van der Waals surface area contributed by atoms with E-state index in [0.717, 1.165) is 12.1 Å². The van der Waals surface area contributed by atoms with Crippen molar-refractivity contribution in [3.8, 4) is 6.07 Å². The van der Waals surface area contributed by atoms with Crippen LogP contribution in [0.25, 0.3) is 0 Å². The summed E-state index contributed by atoms with van der Waals surface area (Å²) in [6.07, 6.45) is -0.332. The van der Waals surface area contributed by atoms with E-state index >= 15 is 0 Å². The van der Waals surface area contributed by atoms with Crippen LogP contribution in [0.3, 0.4) is 0 Å². The second kappa shape index (κ2) is 5.84. The molecule has 2 aromatic carbocycles. The Morgan fingerprint density at radius 3 is 2.14 bits per heavy atom. The van der Waals surface area contributed by atoms with Gasteiger partial charge in [-0.1, -0.05) is 36.4 Å². The summed E-state index contributed by atoms with van der Waals surface area (Å²) in [5, 5.41) is 9.53. The third-order valence-corrected chi connectivity index (χ3v) is 3.56. The predicted octanol–water partition coefficient (Wildman–Crippen LogP) is 3.56. The molecule has 1 atom stereocenters. The summed E-state index contributed by atoms with van der Waals surface area (Å²) in [7, 11) is 0. The standard InChI is InChI=1S/C17H13F2NO/c1-12(21)17(11-20,13-6-3-2-4-7-13)10-14-15(18)8-5-9-16(14)19/h2-9H,10H2,1H3. The molecule has 2 rings (SSSR count). The van der Waals surface area contributed by atoms with Crippen molar-refractivity contribution in [1.82, 2.24) is 0 Å². The zero-order valence-corrected chi connectivity index (χ0v) is 11.4. The Kier molecular flexibility index (Phi) is 4.13. The van der Waals surface area contributed by atoms with Crippen LogP contribution in [0.5, 0.6) is 0 Å². The Balaban J connectivity index is 2.58. The Labute approximate surface area is 121 Å². The lowest BCUT2D eigenvalue weighted by Crippen LogP contribution is -2.35. The molecule has 0 aliphatic heterocycles. The molecule has 21 heavy (non-hydrogen) atoms. The minimum Gasteiger partial charge on any atom is -0.298 e. The highest BCUT2D eigenvalue weighted by atomic mass is 19.1. The van der Waals surface area contributed by atoms with Crippen molar-refractivity contribution < 1.29 is 13.6 Å². The average molecular weight is 285 g/mol. The van der Waals surface area contributed by atoms with Gasteiger partial charge < -0.3 is 0 Å². The summed E-state index contributed by atoms with van der Waals surface area (Å²) in [5.74, 6) is -1.96. The monoisotopic (exact) mass is 285 g/mol.